The topological polar surface area (TPSA) is 59.0 Å². The number of hydrogen-bond acceptors (Lipinski definition) is 4. The Labute approximate surface area is 145 Å². The summed E-state index contributed by atoms with van der Waals surface area (Å²) in [6.07, 6.45) is 2.73. The number of carbonyl (C=O) groups is 1. The molecule has 1 amide bonds. The van der Waals surface area contributed by atoms with E-state index < -0.39 is 12.7 Å². The Morgan fingerprint density at radius 3 is 2.72 bits per heavy atom. The van der Waals surface area contributed by atoms with E-state index in [0.29, 0.717) is 38.3 Å². The third-order valence-corrected chi connectivity index (χ3v) is 4.06. The molecule has 0 bridgehead atoms. The smallest absolute Gasteiger partial charge is 0.387 e. The summed E-state index contributed by atoms with van der Waals surface area (Å²) in [6.45, 7) is 0.811. The lowest BCUT2D eigenvalue weighted by Gasteiger charge is -2.30. The van der Waals surface area contributed by atoms with Gasteiger partial charge in [-0.15, -0.1) is 0 Å². The third kappa shape index (κ3) is 5.79. The van der Waals surface area contributed by atoms with Crippen molar-refractivity contribution in [2.24, 2.45) is 5.92 Å². The Morgan fingerprint density at radius 2 is 2.04 bits per heavy atom. The second kappa shape index (κ2) is 9.48. The molecule has 1 aliphatic rings. The molecule has 138 valence electrons. The Hall–Kier alpha value is -1.99. The van der Waals surface area contributed by atoms with E-state index in [1.165, 1.54) is 6.07 Å². The third-order valence-electron chi connectivity index (χ3n) is 4.06. The molecule has 1 N–H and O–H groups in total. The number of rotatable bonds is 7. The summed E-state index contributed by atoms with van der Waals surface area (Å²) >= 11 is 0. The zero-order valence-electron chi connectivity index (χ0n) is 14.1. The predicted molar refractivity (Wildman–Crippen MR) is 89.3 cm³/mol. The van der Waals surface area contributed by atoms with Gasteiger partial charge >= 0.3 is 6.61 Å². The number of allylic oxidation sites excluding steroid dienone is 1. The lowest BCUT2D eigenvalue weighted by Crippen LogP contribution is -2.47. The average molecular weight is 355 g/mol. The van der Waals surface area contributed by atoms with Crippen molar-refractivity contribution in [3.05, 3.63) is 35.9 Å². The summed E-state index contributed by atoms with van der Waals surface area (Å²) in [5.41, 5.74) is 0.518. The van der Waals surface area contributed by atoms with Crippen LogP contribution in [0.4, 0.5) is 8.78 Å². The van der Waals surface area contributed by atoms with E-state index >= 15 is 0 Å². The number of hydrogen-bond donors (Lipinski definition) is 1. The zero-order valence-corrected chi connectivity index (χ0v) is 14.1. The molecule has 1 fully saturated rings. The maximum Gasteiger partial charge on any atom is 0.387 e. The van der Waals surface area contributed by atoms with Gasteiger partial charge in [0.25, 0.3) is 5.91 Å². The molecular formula is C18H23F2NO4. The minimum atomic E-state index is -2.89. The lowest BCUT2D eigenvalue weighted by molar-refractivity contribution is -0.146. The molecule has 1 aromatic carbocycles. The maximum atomic E-state index is 12.4. The van der Waals surface area contributed by atoms with Crippen LogP contribution in [-0.4, -0.2) is 54.9 Å². The molecule has 1 aliphatic heterocycles. The van der Waals surface area contributed by atoms with Crippen molar-refractivity contribution >= 4 is 12.0 Å². The van der Waals surface area contributed by atoms with Crippen molar-refractivity contribution < 1.29 is 28.2 Å². The molecule has 2 rings (SSSR count). The van der Waals surface area contributed by atoms with Crippen LogP contribution in [0, 0.1) is 5.92 Å². The Kier molecular flexibility index (Phi) is 7.33. The van der Waals surface area contributed by atoms with Gasteiger partial charge in [0.05, 0.1) is 13.2 Å². The van der Waals surface area contributed by atoms with Gasteiger partial charge in [0, 0.05) is 18.7 Å². The number of benzene rings is 1. The Morgan fingerprint density at radius 1 is 1.36 bits per heavy atom. The molecule has 25 heavy (non-hydrogen) atoms. The number of morpholine rings is 1. The fourth-order valence-corrected chi connectivity index (χ4v) is 2.57. The number of amides is 1. The van der Waals surface area contributed by atoms with E-state index in [9.17, 15) is 18.7 Å². The average Bonchev–Trinajstić information content (AvgIpc) is 2.62. The molecule has 0 radical (unpaired) electrons. The number of halogens is 2. The molecule has 1 aromatic rings. The van der Waals surface area contributed by atoms with E-state index in [2.05, 4.69) is 4.74 Å². The van der Waals surface area contributed by atoms with Crippen LogP contribution in [0.5, 0.6) is 5.75 Å². The van der Waals surface area contributed by atoms with E-state index in [4.69, 9.17) is 4.74 Å². The quantitative estimate of drug-likeness (QED) is 0.817. The molecule has 1 heterocycles. The standard InChI is InChI=1S/C18H23F2NO4/c1-13(16(22)17(23)21-9-11-24-12-10-21)5-4-7-14-6-2-3-8-15(14)25-18(19)20/h2-4,6-8,13,16,18,22H,5,9-12H2,1H3/b7-4+/t13-,16+/m1/s1. The first-order valence-electron chi connectivity index (χ1n) is 8.24. The van der Waals surface area contributed by atoms with Crippen molar-refractivity contribution in [3.63, 3.8) is 0 Å². The molecule has 0 spiro atoms. The van der Waals surface area contributed by atoms with Crippen molar-refractivity contribution in [1.29, 1.82) is 0 Å². The molecule has 0 aliphatic carbocycles. The number of aliphatic hydroxyl groups excluding tert-OH is 1. The SMILES string of the molecule is C[C@H](C/C=C/c1ccccc1OC(F)F)[C@H](O)C(=O)N1CCOCC1. The largest absolute Gasteiger partial charge is 0.434 e. The van der Waals surface area contributed by atoms with E-state index in [1.807, 2.05) is 0 Å². The number of aliphatic hydroxyl groups is 1. The van der Waals surface area contributed by atoms with Crippen LogP contribution in [0.3, 0.4) is 0 Å². The summed E-state index contributed by atoms with van der Waals surface area (Å²) in [6, 6.07) is 6.46. The van der Waals surface area contributed by atoms with Gasteiger partial charge in [0.1, 0.15) is 11.9 Å². The number of nitrogens with zero attached hydrogens (tertiary/aromatic N) is 1. The first-order chi connectivity index (χ1) is 12.0. The fraction of sp³-hybridized carbons (Fsp3) is 0.500. The van der Waals surface area contributed by atoms with Crippen molar-refractivity contribution in [1.82, 2.24) is 4.90 Å². The van der Waals surface area contributed by atoms with Gasteiger partial charge in [0.2, 0.25) is 0 Å². The lowest BCUT2D eigenvalue weighted by atomic mass is 9.98. The number of para-hydroxylation sites is 1. The zero-order chi connectivity index (χ0) is 18.2. The van der Waals surface area contributed by atoms with Gasteiger partial charge in [-0.05, 0) is 18.4 Å². The summed E-state index contributed by atoms with van der Waals surface area (Å²) in [4.78, 5) is 13.8. The van der Waals surface area contributed by atoms with Crippen LogP contribution in [0.25, 0.3) is 6.08 Å². The summed E-state index contributed by atoms with van der Waals surface area (Å²) < 4.78 is 34.4. The minimum Gasteiger partial charge on any atom is -0.434 e. The Bertz CT molecular complexity index is 588. The fourth-order valence-electron chi connectivity index (χ4n) is 2.57. The van der Waals surface area contributed by atoms with Gasteiger partial charge < -0.3 is 19.5 Å². The molecule has 0 unspecified atom stereocenters. The second-order valence-electron chi connectivity index (χ2n) is 5.91. The molecule has 0 aromatic heterocycles. The van der Waals surface area contributed by atoms with Gasteiger partial charge in [0.15, 0.2) is 0 Å². The van der Waals surface area contributed by atoms with Gasteiger partial charge in [-0.2, -0.15) is 8.78 Å². The van der Waals surface area contributed by atoms with Crippen LogP contribution in [0.1, 0.15) is 18.9 Å². The van der Waals surface area contributed by atoms with Gasteiger partial charge in [-0.1, -0.05) is 37.3 Å². The van der Waals surface area contributed by atoms with E-state index in [-0.39, 0.29) is 17.6 Å². The van der Waals surface area contributed by atoms with Crippen molar-refractivity contribution in [2.75, 3.05) is 26.3 Å². The molecule has 2 atom stereocenters. The minimum absolute atomic E-state index is 0.0892. The normalized spacial score (nSPS) is 17.7. The van der Waals surface area contributed by atoms with Crippen LogP contribution in [0.2, 0.25) is 0 Å². The first kappa shape index (κ1) is 19.3. The van der Waals surface area contributed by atoms with Crippen molar-refractivity contribution in [2.45, 2.75) is 26.1 Å². The highest BCUT2D eigenvalue weighted by Gasteiger charge is 2.27. The van der Waals surface area contributed by atoms with Crippen LogP contribution in [0.15, 0.2) is 30.3 Å². The number of ether oxygens (including phenoxy) is 2. The maximum absolute atomic E-state index is 12.4. The van der Waals surface area contributed by atoms with E-state index in [0.717, 1.165) is 0 Å². The van der Waals surface area contributed by atoms with Gasteiger partial charge in [-0.25, -0.2) is 0 Å². The highest BCUT2D eigenvalue weighted by molar-refractivity contribution is 5.81. The molecular weight excluding hydrogens is 332 g/mol. The molecule has 1 saturated heterocycles. The molecule has 5 nitrogen and oxygen atoms in total. The van der Waals surface area contributed by atoms with Gasteiger partial charge in [-0.3, -0.25) is 4.79 Å². The highest BCUT2D eigenvalue weighted by Crippen LogP contribution is 2.22. The first-order valence-corrected chi connectivity index (χ1v) is 8.24. The molecule has 7 heteroatoms. The highest BCUT2D eigenvalue weighted by atomic mass is 19.3. The predicted octanol–water partition coefficient (Wildman–Crippen LogP) is 2.55. The number of alkyl halides is 2. The second-order valence-corrected chi connectivity index (χ2v) is 5.91. The van der Waals surface area contributed by atoms with Crippen LogP contribution < -0.4 is 4.74 Å². The van der Waals surface area contributed by atoms with Crippen LogP contribution >= 0.6 is 0 Å². The number of carbonyl (C=O) groups excluding carboxylic acids is 1. The Balaban J connectivity index is 1.91. The summed E-state index contributed by atoms with van der Waals surface area (Å²) in [5.74, 6) is -0.508. The van der Waals surface area contributed by atoms with Crippen LogP contribution in [-0.2, 0) is 9.53 Å². The monoisotopic (exact) mass is 355 g/mol. The summed E-state index contributed by atoms with van der Waals surface area (Å²) in [7, 11) is 0. The molecule has 0 saturated carbocycles. The summed E-state index contributed by atoms with van der Waals surface area (Å²) in [5, 5.41) is 10.2. The van der Waals surface area contributed by atoms with Crippen molar-refractivity contribution in [3.8, 4) is 5.75 Å². The van der Waals surface area contributed by atoms with E-state index in [1.54, 1.807) is 42.2 Å².